The minimum atomic E-state index is 0.0388. The zero-order valence-corrected chi connectivity index (χ0v) is 17.4. The van der Waals surface area contributed by atoms with Gasteiger partial charge >= 0.3 is 0 Å². The first-order chi connectivity index (χ1) is 14.0. The number of carbonyl (C=O) groups is 1. The molecule has 0 radical (unpaired) electrons. The van der Waals surface area contributed by atoms with Gasteiger partial charge in [0.15, 0.2) is 5.78 Å². The number of hydrogen-bond donors (Lipinski definition) is 2. The molecule has 2 heterocycles. The molecule has 0 saturated heterocycles. The average Bonchev–Trinajstić information content (AvgIpc) is 3.23. The van der Waals surface area contributed by atoms with Gasteiger partial charge in [0.25, 0.3) is 0 Å². The summed E-state index contributed by atoms with van der Waals surface area (Å²) in [5, 5.41) is 11.6. The van der Waals surface area contributed by atoms with Crippen LogP contribution in [0.15, 0.2) is 36.8 Å². The molecule has 29 heavy (non-hydrogen) atoms. The van der Waals surface area contributed by atoms with Crippen LogP contribution in [0, 0.1) is 5.92 Å². The molecule has 0 bridgehead atoms. The molecule has 2 aromatic heterocycles. The number of ketones is 1. The van der Waals surface area contributed by atoms with Gasteiger partial charge in [0.1, 0.15) is 0 Å². The average molecular weight is 392 g/mol. The lowest BCUT2D eigenvalue weighted by atomic mass is 9.85. The monoisotopic (exact) mass is 391 g/mol. The number of benzene rings is 1. The molecule has 3 aromatic rings. The van der Waals surface area contributed by atoms with Gasteiger partial charge in [-0.3, -0.25) is 14.9 Å². The quantitative estimate of drug-likeness (QED) is 0.611. The third-order valence-corrected chi connectivity index (χ3v) is 5.90. The summed E-state index contributed by atoms with van der Waals surface area (Å²) in [4.78, 5) is 19.1. The Hall–Kier alpha value is -2.73. The van der Waals surface area contributed by atoms with E-state index in [0.717, 1.165) is 53.0 Å². The maximum Gasteiger partial charge on any atom is 0.163 e. The van der Waals surface area contributed by atoms with E-state index in [-0.39, 0.29) is 5.78 Å². The van der Waals surface area contributed by atoms with E-state index in [9.17, 15) is 4.79 Å². The van der Waals surface area contributed by atoms with Crippen LogP contribution >= 0.6 is 0 Å². The van der Waals surface area contributed by atoms with Gasteiger partial charge in [-0.2, -0.15) is 5.10 Å². The Labute approximate surface area is 171 Å². The van der Waals surface area contributed by atoms with Gasteiger partial charge in [0.2, 0.25) is 0 Å². The van der Waals surface area contributed by atoms with E-state index in [1.165, 1.54) is 12.8 Å². The first-order valence-corrected chi connectivity index (χ1v) is 10.4. The molecule has 0 aliphatic heterocycles. The Kier molecular flexibility index (Phi) is 5.62. The predicted octanol–water partition coefficient (Wildman–Crippen LogP) is 4.36. The molecule has 6 nitrogen and oxygen atoms in total. The van der Waals surface area contributed by atoms with Crippen molar-refractivity contribution in [3.63, 3.8) is 0 Å². The van der Waals surface area contributed by atoms with Crippen molar-refractivity contribution in [2.24, 2.45) is 5.92 Å². The van der Waals surface area contributed by atoms with Crippen LogP contribution in [0.3, 0.4) is 0 Å². The number of Topliss-reactive ketones (excluding diaryl/α,β-unsaturated/α-hetero) is 1. The lowest BCUT2D eigenvalue weighted by Gasteiger charge is -2.32. The number of aromatic amines is 1. The van der Waals surface area contributed by atoms with Gasteiger partial charge in [-0.05, 0) is 70.3 Å². The number of fused-ring (bicyclic) bond motifs is 1. The van der Waals surface area contributed by atoms with Crippen molar-refractivity contribution in [3.8, 4) is 11.1 Å². The second-order valence-electron chi connectivity index (χ2n) is 8.45. The molecule has 0 amide bonds. The molecule has 1 aromatic carbocycles. The van der Waals surface area contributed by atoms with Crippen LogP contribution in [0.1, 0.15) is 43.0 Å². The molecular formula is C23H29N5O. The maximum atomic E-state index is 12.3. The Morgan fingerprint density at radius 2 is 1.97 bits per heavy atom. The van der Waals surface area contributed by atoms with E-state index in [4.69, 9.17) is 0 Å². The molecule has 0 unspecified atom stereocenters. The fourth-order valence-electron chi connectivity index (χ4n) is 4.41. The second-order valence-corrected chi connectivity index (χ2v) is 8.45. The van der Waals surface area contributed by atoms with Crippen molar-refractivity contribution in [1.29, 1.82) is 0 Å². The highest BCUT2D eigenvalue weighted by Crippen LogP contribution is 2.34. The highest BCUT2D eigenvalue weighted by molar-refractivity contribution is 6.07. The fraction of sp³-hybridized carbons (Fsp3) is 0.435. The SMILES string of the molecule is CC(=O)c1cnc2ccc(-c3cn[nH]c3)cc2c1NC1CCC(CN(C)C)CC1. The van der Waals surface area contributed by atoms with E-state index in [1.54, 1.807) is 13.1 Å². The molecule has 6 heteroatoms. The van der Waals surface area contributed by atoms with Gasteiger partial charge in [0, 0.05) is 35.9 Å². The number of H-pyrrole nitrogens is 1. The first kappa shape index (κ1) is 19.6. The number of aromatic nitrogens is 3. The van der Waals surface area contributed by atoms with E-state index in [2.05, 4.69) is 45.6 Å². The third kappa shape index (κ3) is 4.32. The minimum Gasteiger partial charge on any atom is -0.381 e. The Morgan fingerprint density at radius 1 is 1.17 bits per heavy atom. The number of anilines is 1. The molecule has 1 aliphatic carbocycles. The molecule has 4 rings (SSSR count). The fourth-order valence-corrected chi connectivity index (χ4v) is 4.41. The number of rotatable bonds is 6. The number of nitrogens with one attached hydrogen (secondary N) is 2. The normalized spacial score (nSPS) is 19.6. The lowest BCUT2D eigenvalue weighted by Crippen LogP contribution is -2.31. The Morgan fingerprint density at radius 3 is 2.62 bits per heavy atom. The summed E-state index contributed by atoms with van der Waals surface area (Å²) in [7, 11) is 4.29. The first-order valence-electron chi connectivity index (χ1n) is 10.4. The summed E-state index contributed by atoms with van der Waals surface area (Å²) in [6.45, 7) is 2.76. The molecule has 1 saturated carbocycles. The van der Waals surface area contributed by atoms with Gasteiger partial charge in [-0.25, -0.2) is 0 Å². The van der Waals surface area contributed by atoms with Gasteiger partial charge in [-0.15, -0.1) is 0 Å². The minimum absolute atomic E-state index is 0.0388. The summed E-state index contributed by atoms with van der Waals surface area (Å²) in [6, 6.07) is 6.55. The predicted molar refractivity (Wildman–Crippen MR) is 117 cm³/mol. The smallest absolute Gasteiger partial charge is 0.163 e. The van der Waals surface area contributed by atoms with Crippen LogP contribution in [0.25, 0.3) is 22.0 Å². The summed E-state index contributed by atoms with van der Waals surface area (Å²) in [6.07, 6.45) is 10.1. The zero-order valence-electron chi connectivity index (χ0n) is 17.4. The van der Waals surface area contributed by atoms with Crippen molar-refractivity contribution in [2.45, 2.75) is 38.6 Å². The maximum absolute atomic E-state index is 12.3. The van der Waals surface area contributed by atoms with Crippen molar-refractivity contribution in [3.05, 3.63) is 42.4 Å². The topological polar surface area (TPSA) is 73.9 Å². The largest absolute Gasteiger partial charge is 0.381 e. The van der Waals surface area contributed by atoms with Crippen molar-refractivity contribution >= 4 is 22.4 Å². The van der Waals surface area contributed by atoms with Crippen LogP contribution in [0.2, 0.25) is 0 Å². The number of carbonyl (C=O) groups excluding carboxylic acids is 1. The van der Waals surface area contributed by atoms with E-state index in [1.807, 2.05) is 24.5 Å². The van der Waals surface area contributed by atoms with Crippen molar-refractivity contribution in [2.75, 3.05) is 26.0 Å². The molecule has 1 fully saturated rings. The molecule has 0 atom stereocenters. The van der Waals surface area contributed by atoms with E-state index >= 15 is 0 Å². The van der Waals surface area contributed by atoms with Crippen LogP contribution in [0.5, 0.6) is 0 Å². The van der Waals surface area contributed by atoms with Crippen LogP contribution in [-0.2, 0) is 0 Å². The van der Waals surface area contributed by atoms with Crippen LogP contribution in [-0.4, -0.2) is 52.5 Å². The highest BCUT2D eigenvalue weighted by Gasteiger charge is 2.23. The molecule has 2 N–H and O–H groups in total. The van der Waals surface area contributed by atoms with Gasteiger partial charge in [-0.1, -0.05) is 6.07 Å². The lowest BCUT2D eigenvalue weighted by molar-refractivity contribution is 0.101. The summed E-state index contributed by atoms with van der Waals surface area (Å²) in [5.41, 5.74) is 4.56. The van der Waals surface area contributed by atoms with Gasteiger partial charge in [0.05, 0.1) is 23.0 Å². The Bertz CT molecular complexity index is 988. The molecule has 0 spiro atoms. The standard InChI is InChI=1S/C23H29N5O/c1-15(29)21-13-24-22-9-6-17(18-11-25-26-12-18)10-20(22)23(21)27-19-7-4-16(5-8-19)14-28(2)3/h6,9-13,16,19H,4-5,7-8,14H2,1-3H3,(H,24,27)(H,25,26). The zero-order chi connectivity index (χ0) is 20.4. The molecule has 152 valence electrons. The number of hydrogen-bond acceptors (Lipinski definition) is 5. The molecule has 1 aliphatic rings. The van der Waals surface area contributed by atoms with Crippen molar-refractivity contribution < 1.29 is 4.79 Å². The summed E-state index contributed by atoms with van der Waals surface area (Å²) < 4.78 is 0. The van der Waals surface area contributed by atoms with Crippen LogP contribution < -0.4 is 5.32 Å². The number of nitrogens with zero attached hydrogens (tertiary/aromatic N) is 3. The van der Waals surface area contributed by atoms with E-state index < -0.39 is 0 Å². The Balaban J connectivity index is 1.65. The summed E-state index contributed by atoms with van der Waals surface area (Å²) >= 11 is 0. The van der Waals surface area contributed by atoms with Gasteiger partial charge < -0.3 is 10.2 Å². The van der Waals surface area contributed by atoms with Crippen LogP contribution in [0.4, 0.5) is 5.69 Å². The second kappa shape index (κ2) is 8.33. The van der Waals surface area contributed by atoms with Crippen molar-refractivity contribution in [1.82, 2.24) is 20.1 Å². The molecular weight excluding hydrogens is 362 g/mol. The number of pyridine rings is 1. The summed E-state index contributed by atoms with van der Waals surface area (Å²) in [5.74, 6) is 0.800. The highest BCUT2D eigenvalue weighted by atomic mass is 16.1. The van der Waals surface area contributed by atoms with E-state index in [0.29, 0.717) is 11.6 Å². The third-order valence-electron chi connectivity index (χ3n) is 5.90.